The van der Waals surface area contributed by atoms with Gasteiger partial charge < -0.3 is 13.7 Å². The molecule has 3 N–H and O–H groups in total. The highest BCUT2D eigenvalue weighted by Crippen LogP contribution is 2.34. The van der Waals surface area contributed by atoms with Crippen molar-refractivity contribution in [3.63, 3.8) is 0 Å². The highest BCUT2D eigenvalue weighted by molar-refractivity contribution is 7.07. The molecule has 0 aliphatic rings. The Labute approximate surface area is 310 Å². The smallest absolute Gasteiger partial charge is 0.182 e. The van der Waals surface area contributed by atoms with Gasteiger partial charge in [0.05, 0.1) is 17.1 Å². The molecule has 258 valence electrons. The molecule has 0 fully saturated rings. The van der Waals surface area contributed by atoms with Gasteiger partial charge in [-0.3, -0.25) is 16.2 Å². The third-order valence-corrected chi connectivity index (χ3v) is 11.7. The summed E-state index contributed by atoms with van der Waals surface area (Å²) in [6.45, 7) is 2.28. The van der Waals surface area contributed by atoms with Gasteiger partial charge in [-0.15, -0.1) is 34.0 Å². The monoisotopic (exact) mass is 726 g/mol. The zero-order valence-electron chi connectivity index (χ0n) is 28.6. The first-order chi connectivity index (χ1) is 25.0. The lowest BCUT2D eigenvalue weighted by molar-refractivity contribution is 0.627. The summed E-state index contributed by atoms with van der Waals surface area (Å²) in [5.74, 6) is 0. The molecule has 51 heavy (non-hydrogen) atoms. The fourth-order valence-electron chi connectivity index (χ4n) is 6.71. The maximum absolute atomic E-state index is 8.86. The third-order valence-electron chi connectivity index (χ3n) is 9.34. The van der Waals surface area contributed by atoms with Crippen LogP contribution in [-0.2, 0) is 38.9 Å². The first kappa shape index (κ1) is 34.6. The summed E-state index contributed by atoms with van der Waals surface area (Å²) in [6.07, 6.45) is 5.71. The Morgan fingerprint density at radius 2 is 0.667 bits per heavy atom. The van der Waals surface area contributed by atoms with E-state index in [0.717, 1.165) is 91.9 Å². The Kier molecular flexibility index (Phi) is 11.2. The summed E-state index contributed by atoms with van der Waals surface area (Å²) in [7, 11) is 0. The molecule has 7 aromatic rings. The van der Waals surface area contributed by atoms with Crippen molar-refractivity contribution in [2.24, 2.45) is 0 Å². The Morgan fingerprint density at radius 3 is 0.941 bits per heavy atom. The highest BCUT2D eigenvalue weighted by Gasteiger charge is 2.17. The van der Waals surface area contributed by atoms with E-state index in [1.165, 1.54) is 50.7 Å². The molecule has 3 heterocycles. The van der Waals surface area contributed by atoms with Crippen molar-refractivity contribution in [3.8, 4) is 33.8 Å². The highest BCUT2D eigenvalue weighted by atomic mass is 32.1. The van der Waals surface area contributed by atoms with Gasteiger partial charge in [-0.1, -0.05) is 91.0 Å². The molecule has 9 heteroatoms. The van der Waals surface area contributed by atoms with Crippen molar-refractivity contribution in [1.29, 1.82) is 16.2 Å². The van der Waals surface area contributed by atoms with Gasteiger partial charge in [-0.05, 0) is 73.4 Å². The van der Waals surface area contributed by atoms with Crippen LogP contribution in [0, 0.1) is 16.2 Å². The number of hydrogen-bond acceptors (Lipinski definition) is 6. The van der Waals surface area contributed by atoms with Crippen LogP contribution in [0.4, 0.5) is 0 Å². The summed E-state index contributed by atoms with van der Waals surface area (Å²) in [4.78, 5) is 1.64. The predicted molar refractivity (Wildman–Crippen MR) is 212 cm³/mol. The van der Waals surface area contributed by atoms with Gasteiger partial charge in [0, 0.05) is 52.5 Å². The molecule has 0 bridgehead atoms. The van der Waals surface area contributed by atoms with Gasteiger partial charge >= 0.3 is 0 Å². The number of aromatic nitrogens is 3. The van der Waals surface area contributed by atoms with E-state index >= 15 is 0 Å². The lowest BCUT2D eigenvalue weighted by atomic mass is 10.00. The molecule has 3 aromatic heterocycles. The van der Waals surface area contributed by atoms with E-state index < -0.39 is 0 Å². The van der Waals surface area contributed by atoms with Crippen molar-refractivity contribution in [3.05, 3.63) is 156 Å². The van der Waals surface area contributed by atoms with Crippen LogP contribution in [0.2, 0.25) is 0 Å². The number of thiazole rings is 3. The number of hydrogen-bond donors (Lipinski definition) is 3. The molecular formula is C42H42N6S3. The predicted octanol–water partition coefficient (Wildman–Crippen LogP) is 9.61. The fourth-order valence-corrected chi connectivity index (χ4v) is 9.12. The summed E-state index contributed by atoms with van der Waals surface area (Å²) in [5, 5.41) is 32.9. The maximum atomic E-state index is 8.86. The first-order valence-electron chi connectivity index (χ1n) is 17.5. The third kappa shape index (κ3) is 8.39. The van der Waals surface area contributed by atoms with E-state index in [9.17, 15) is 0 Å². The van der Waals surface area contributed by atoms with E-state index in [-0.39, 0.29) is 0 Å². The molecule has 0 radical (unpaired) electrons. The molecule has 0 aliphatic heterocycles. The number of nitrogens with one attached hydrogen (secondary N) is 3. The number of benzene rings is 4. The lowest BCUT2D eigenvalue weighted by Crippen LogP contribution is -2.16. The van der Waals surface area contributed by atoms with Gasteiger partial charge in [-0.2, -0.15) is 0 Å². The van der Waals surface area contributed by atoms with E-state index in [1.54, 1.807) is 0 Å². The number of rotatable bonds is 15. The minimum Gasteiger partial charge on any atom is -0.317 e. The zero-order valence-corrected chi connectivity index (χ0v) is 31.0. The average molecular weight is 727 g/mol. The molecule has 0 spiro atoms. The molecule has 7 rings (SSSR count). The van der Waals surface area contributed by atoms with Crippen LogP contribution in [0.1, 0.15) is 36.0 Å². The summed E-state index contributed by atoms with van der Waals surface area (Å²) in [5.41, 5.74) is 10.2. The van der Waals surface area contributed by atoms with Crippen LogP contribution in [0.5, 0.6) is 0 Å². The van der Waals surface area contributed by atoms with Crippen molar-refractivity contribution >= 4 is 34.0 Å². The van der Waals surface area contributed by atoms with E-state index in [4.69, 9.17) is 16.2 Å². The quantitative estimate of drug-likeness (QED) is 0.0941. The largest absolute Gasteiger partial charge is 0.317 e. The Balaban J connectivity index is 1.24. The molecule has 0 atom stereocenters. The van der Waals surface area contributed by atoms with Crippen molar-refractivity contribution in [1.82, 2.24) is 13.7 Å². The normalized spacial score (nSPS) is 11.3. The van der Waals surface area contributed by atoms with Crippen LogP contribution in [0.3, 0.4) is 0 Å². The summed E-state index contributed by atoms with van der Waals surface area (Å²) < 4.78 is 6.43. The Morgan fingerprint density at radius 1 is 0.392 bits per heavy atom. The summed E-state index contributed by atoms with van der Waals surface area (Å²) in [6, 6.07) is 38.4. The van der Waals surface area contributed by atoms with Gasteiger partial charge in [0.1, 0.15) is 0 Å². The van der Waals surface area contributed by atoms with E-state index in [1.807, 2.05) is 0 Å². The number of nitrogens with zero attached hydrogens (tertiary/aromatic N) is 3. The molecule has 0 unspecified atom stereocenters. The minimum absolute atomic E-state index is 0.546. The summed E-state index contributed by atoms with van der Waals surface area (Å²) >= 11 is 4.41. The Bertz CT molecular complexity index is 2080. The van der Waals surface area contributed by atoms with Crippen LogP contribution in [0.15, 0.2) is 125 Å². The molecule has 0 aliphatic carbocycles. The standard InChI is InChI=1S/C42H42N6S3/c43-40-46(22-10-19-31-13-4-1-5-14-31)37(28-49-40)34-25-35(38-29-50-41(44)47(38)23-11-20-32-15-6-2-7-16-32)27-36(26-34)39-30-51-42(45)48(39)24-12-21-33-17-8-3-9-18-33/h1-9,13-18,25-30,43-45H,10-12,19-24H2. The Hall–Kier alpha value is -4.83. The average Bonchev–Trinajstić information content (AvgIpc) is 3.85. The SMILES string of the molecule is N=c1scc(-c2cc(-c3csc(=N)n3CCCc3ccccc3)cc(-c3csc(=N)n3CCCc3ccccc3)c2)n1CCCc1ccccc1. The second kappa shape index (κ2) is 16.5. The van der Waals surface area contributed by atoms with Crippen molar-refractivity contribution in [2.75, 3.05) is 0 Å². The van der Waals surface area contributed by atoms with Gasteiger partial charge in [-0.25, -0.2) is 0 Å². The van der Waals surface area contributed by atoms with Crippen LogP contribution in [0.25, 0.3) is 33.8 Å². The van der Waals surface area contributed by atoms with Gasteiger partial charge in [0.2, 0.25) is 0 Å². The first-order valence-corrected chi connectivity index (χ1v) is 20.1. The van der Waals surface area contributed by atoms with Gasteiger partial charge in [0.15, 0.2) is 14.4 Å². The molecule has 6 nitrogen and oxygen atoms in total. The maximum Gasteiger partial charge on any atom is 0.182 e. The topological polar surface area (TPSA) is 86.3 Å². The van der Waals surface area contributed by atoms with Gasteiger partial charge in [0.25, 0.3) is 0 Å². The lowest BCUT2D eigenvalue weighted by Gasteiger charge is -2.16. The van der Waals surface area contributed by atoms with Crippen molar-refractivity contribution < 1.29 is 0 Å². The van der Waals surface area contributed by atoms with Crippen LogP contribution >= 0.6 is 34.0 Å². The molecule has 4 aromatic carbocycles. The second-order valence-corrected chi connectivity index (χ2v) is 15.4. The van der Waals surface area contributed by atoms with E-state index in [0.29, 0.717) is 14.4 Å². The van der Waals surface area contributed by atoms with Crippen LogP contribution < -0.4 is 14.4 Å². The molecular weight excluding hydrogens is 685 g/mol. The molecule has 0 saturated heterocycles. The molecule has 0 amide bonds. The van der Waals surface area contributed by atoms with E-state index in [2.05, 4.69) is 139 Å². The van der Waals surface area contributed by atoms with Crippen molar-refractivity contribution in [2.45, 2.75) is 58.2 Å². The fraction of sp³-hybridized carbons (Fsp3) is 0.214. The zero-order chi connectivity index (χ0) is 35.0. The second-order valence-electron chi connectivity index (χ2n) is 12.8. The van der Waals surface area contributed by atoms with Crippen LogP contribution in [-0.4, -0.2) is 13.7 Å². The number of aryl methyl sites for hydroxylation is 3. The molecule has 0 saturated carbocycles. The minimum atomic E-state index is 0.546.